The zero-order chi connectivity index (χ0) is 13.4. The number of halogens is 2. The summed E-state index contributed by atoms with van der Waals surface area (Å²) in [6, 6.07) is 8.84. The molecule has 19 heavy (non-hydrogen) atoms. The molecular formula is C14H11BrFNS2. The van der Waals surface area contributed by atoms with Gasteiger partial charge in [-0.25, -0.2) is 4.39 Å². The number of rotatable bonds is 3. The second kappa shape index (κ2) is 5.32. The summed E-state index contributed by atoms with van der Waals surface area (Å²) in [6.45, 7) is 0. The van der Waals surface area contributed by atoms with Crippen molar-refractivity contribution < 1.29 is 4.39 Å². The van der Waals surface area contributed by atoms with Gasteiger partial charge in [0.05, 0.1) is 0 Å². The van der Waals surface area contributed by atoms with Gasteiger partial charge in [-0.2, -0.15) is 0 Å². The molecule has 3 aromatic rings. The lowest BCUT2D eigenvalue weighted by atomic mass is 10.1. The zero-order valence-electron chi connectivity index (χ0n) is 9.90. The molecule has 0 radical (unpaired) electrons. The van der Waals surface area contributed by atoms with Crippen molar-refractivity contribution in [3.05, 3.63) is 55.8 Å². The van der Waals surface area contributed by atoms with E-state index in [-0.39, 0.29) is 11.9 Å². The highest BCUT2D eigenvalue weighted by atomic mass is 79.9. The lowest BCUT2D eigenvalue weighted by Crippen LogP contribution is -2.11. The van der Waals surface area contributed by atoms with Gasteiger partial charge in [-0.3, -0.25) is 0 Å². The fourth-order valence-corrected chi connectivity index (χ4v) is 4.61. The number of hydrogen-bond donors (Lipinski definition) is 1. The van der Waals surface area contributed by atoms with Gasteiger partial charge in [0.2, 0.25) is 0 Å². The Hall–Kier alpha value is -0.750. The summed E-state index contributed by atoms with van der Waals surface area (Å²) < 4.78 is 15.4. The maximum Gasteiger partial charge on any atom is 0.123 e. The standard InChI is InChI=1S/C14H11BrFNS2/c15-10-3-4-18-13(10)7-11(17)14-6-8-5-9(16)1-2-12(8)19-14/h1-6,11H,7,17H2. The van der Waals surface area contributed by atoms with Crippen molar-refractivity contribution in [2.24, 2.45) is 5.73 Å². The molecule has 3 rings (SSSR count). The molecule has 0 amide bonds. The second-order valence-electron chi connectivity index (χ2n) is 4.33. The van der Waals surface area contributed by atoms with E-state index in [0.29, 0.717) is 0 Å². The topological polar surface area (TPSA) is 26.0 Å². The van der Waals surface area contributed by atoms with Crippen LogP contribution in [0.5, 0.6) is 0 Å². The molecule has 0 saturated heterocycles. The first-order chi connectivity index (χ1) is 9.13. The molecule has 0 aliphatic heterocycles. The Morgan fingerprint density at radius 3 is 2.84 bits per heavy atom. The number of fused-ring (bicyclic) bond motifs is 1. The minimum atomic E-state index is -0.202. The van der Waals surface area contributed by atoms with Crippen molar-refractivity contribution in [2.45, 2.75) is 12.5 Å². The van der Waals surface area contributed by atoms with E-state index in [4.69, 9.17) is 5.73 Å². The van der Waals surface area contributed by atoms with E-state index in [1.54, 1.807) is 28.7 Å². The van der Waals surface area contributed by atoms with Crippen LogP contribution < -0.4 is 5.73 Å². The summed E-state index contributed by atoms with van der Waals surface area (Å²) in [7, 11) is 0. The average molecular weight is 356 g/mol. The minimum Gasteiger partial charge on any atom is -0.323 e. The third-order valence-electron chi connectivity index (χ3n) is 2.96. The van der Waals surface area contributed by atoms with Gasteiger partial charge in [-0.05, 0) is 57.0 Å². The predicted octanol–water partition coefficient (Wildman–Crippen LogP) is 5.11. The van der Waals surface area contributed by atoms with E-state index in [0.717, 1.165) is 25.9 Å². The van der Waals surface area contributed by atoms with E-state index in [1.807, 2.05) is 23.6 Å². The minimum absolute atomic E-state index is 0.0459. The van der Waals surface area contributed by atoms with Gasteiger partial charge in [0.1, 0.15) is 5.82 Å². The Balaban J connectivity index is 1.89. The van der Waals surface area contributed by atoms with Crippen molar-refractivity contribution in [3.63, 3.8) is 0 Å². The molecule has 1 atom stereocenters. The van der Waals surface area contributed by atoms with Crippen molar-refractivity contribution in [1.29, 1.82) is 0 Å². The summed E-state index contributed by atoms with van der Waals surface area (Å²) in [5.74, 6) is -0.202. The first-order valence-electron chi connectivity index (χ1n) is 5.80. The van der Waals surface area contributed by atoms with Crippen LogP contribution in [0.2, 0.25) is 0 Å². The van der Waals surface area contributed by atoms with Gasteiger partial charge in [-0.15, -0.1) is 22.7 Å². The summed E-state index contributed by atoms with van der Waals surface area (Å²) in [4.78, 5) is 2.34. The molecule has 0 fully saturated rings. The molecule has 0 aliphatic carbocycles. The molecule has 2 aromatic heterocycles. The molecule has 2 N–H and O–H groups in total. The van der Waals surface area contributed by atoms with Crippen LogP contribution >= 0.6 is 38.6 Å². The van der Waals surface area contributed by atoms with Crippen LogP contribution in [-0.2, 0) is 6.42 Å². The molecule has 5 heteroatoms. The molecule has 1 unspecified atom stereocenters. The Morgan fingerprint density at radius 2 is 2.11 bits per heavy atom. The van der Waals surface area contributed by atoms with Gasteiger partial charge < -0.3 is 5.73 Å². The highest BCUT2D eigenvalue weighted by Crippen LogP contribution is 2.33. The number of hydrogen-bond acceptors (Lipinski definition) is 3. The molecule has 0 aliphatic rings. The van der Waals surface area contributed by atoms with Crippen LogP contribution in [0.25, 0.3) is 10.1 Å². The molecule has 1 aromatic carbocycles. The first kappa shape index (κ1) is 13.2. The van der Waals surface area contributed by atoms with Gasteiger partial charge in [0.25, 0.3) is 0 Å². The average Bonchev–Trinajstić information content (AvgIpc) is 2.96. The van der Waals surface area contributed by atoms with E-state index < -0.39 is 0 Å². The van der Waals surface area contributed by atoms with Gasteiger partial charge >= 0.3 is 0 Å². The van der Waals surface area contributed by atoms with Crippen LogP contribution in [0.15, 0.2) is 40.2 Å². The highest BCUT2D eigenvalue weighted by molar-refractivity contribution is 9.10. The molecule has 0 saturated carbocycles. The number of benzene rings is 1. The Labute approximate surface area is 127 Å². The van der Waals surface area contributed by atoms with Crippen LogP contribution in [0, 0.1) is 5.82 Å². The van der Waals surface area contributed by atoms with Crippen LogP contribution in [0.1, 0.15) is 15.8 Å². The molecule has 0 spiro atoms. The summed E-state index contributed by atoms with van der Waals surface area (Å²) in [5.41, 5.74) is 6.26. The quantitative estimate of drug-likeness (QED) is 0.694. The molecule has 2 heterocycles. The van der Waals surface area contributed by atoms with Crippen molar-refractivity contribution >= 4 is 48.7 Å². The third-order valence-corrected chi connectivity index (χ3v) is 6.16. The largest absolute Gasteiger partial charge is 0.323 e. The Morgan fingerprint density at radius 1 is 1.26 bits per heavy atom. The number of thiophene rings is 2. The SMILES string of the molecule is NC(Cc1sccc1Br)c1cc2cc(F)ccc2s1. The Kier molecular flexibility index (Phi) is 3.71. The molecular weight excluding hydrogens is 345 g/mol. The van der Waals surface area contributed by atoms with Crippen molar-refractivity contribution in [3.8, 4) is 0 Å². The predicted molar refractivity (Wildman–Crippen MR) is 84.4 cm³/mol. The smallest absolute Gasteiger partial charge is 0.123 e. The summed E-state index contributed by atoms with van der Waals surface area (Å²) >= 11 is 6.86. The van der Waals surface area contributed by atoms with E-state index in [2.05, 4.69) is 15.9 Å². The monoisotopic (exact) mass is 355 g/mol. The molecule has 1 nitrogen and oxygen atoms in total. The Bertz CT molecular complexity index is 719. The second-order valence-corrected chi connectivity index (χ2v) is 7.30. The van der Waals surface area contributed by atoms with Crippen molar-refractivity contribution in [1.82, 2.24) is 0 Å². The lowest BCUT2D eigenvalue weighted by molar-refractivity contribution is 0.630. The third kappa shape index (κ3) is 2.74. The fraction of sp³-hybridized carbons (Fsp3) is 0.143. The van der Waals surface area contributed by atoms with Crippen LogP contribution in [0.4, 0.5) is 4.39 Å². The maximum absolute atomic E-state index is 13.2. The zero-order valence-corrected chi connectivity index (χ0v) is 13.1. The molecule has 0 bridgehead atoms. The van der Waals surface area contributed by atoms with E-state index >= 15 is 0 Å². The summed E-state index contributed by atoms with van der Waals surface area (Å²) in [5, 5.41) is 2.98. The maximum atomic E-state index is 13.2. The van der Waals surface area contributed by atoms with Gasteiger partial charge in [0.15, 0.2) is 0 Å². The van der Waals surface area contributed by atoms with Gasteiger partial charge in [-0.1, -0.05) is 0 Å². The lowest BCUT2D eigenvalue weighted by Gasteiger charge is -2.07. The first-order valence-corrected chi connectivity index (χ1v) is 8.29. The highest BCUT2D eigenvalue weighted by Gasteiger charge is 2.13. The number of nitrogens with two attached hydrogens (primary N) is 1. The van der Waals surface area contributed by atoms with E-state index in [1.165, 1.54) is 10.9 Å². The van der Waals surface area contributed by atoms with Crippen molar-refractivity contribution in [2.75, 3.05) is 0 Å². The van der Waals surface area contributed by atoms with Crippen LogP contribution in [-0.4, -0.2) is 0 Å². The molecule has 98 valence electrons. The van der Waals surface area contributed by atoms with E-state index in [9.17, 15) is 4.39 Å². The fourth-order valence-electron chi connectivity index (χ4n) is 1.99. The summed E-state index contributed by atoms with van der Waals surface area (Å²) in [6.07, 6.45) is 0.799. The van der Waals surface area contributed by atoms with Gasteiger partial charge in [0, 0.05) is 31.4 Å². The van der Waals surface area contributed by atoms with Crippen LogP contribution in [0.3, 0.4) is 0 Å². The normalized spacial score (nSPS) is 13.0.